The second-order valence-corrected chi connectivity index (χ2v) is 19.9. The van der Waals surface area contributed by atoms with Crippen LogP contribution in [0.5, 0.6) is 0 Å². The number of hydrogen-bond donors (Lipinski definition) is 1. The summed E-state index contributed by atoms with van der Waals surface area (Å²) < 4.78 is 0. The maximum absolute atomic E-state index is 3.81. The highest BCUT2D eigenvalue weighted by atomic mass is 15.1. The Morgan fingerprint density at radius 1 is 0.448 bits per heavy atom. The molecule has 2 saturated carbocycles. The fourth-order valence-corrected chi connectivity index (χ4v) is 12.4. The van der Waals surface area contributed by atoms with Crippen LogP contribution in [0.4, 0.5) is 17.1 Å². The van der Waals surface area contributed by atoms with Crippen molar-refractivity contribution in [1.82, 2.24) is 5.32 Å². The third-order valence-electron chi connectivity index (χ3n) is 16.1. The van der Waals surface area contributed by atoms with Crippen LogP contribution in [0.2, 0.25) is 0 Å². The smallest absolute Gasteiger partial charge is 0.0468 e. The average Bonchev–Trinajstić information content (AvgIpc) is 3.55. The first-order chi connectivity index (χ1) is 33.1. The summed E-state index contributed by atoms with van der Waals surface area (Å²) in [6, 6.07) is 71.2. The number of benzene rings is 9. The number of rotatable bonds is 9. The van der Waals surface area contributed by atoms with Gasteiger partial charge in [0.15, 0.2) is 0 Å². The molecule has 2 atom stereocenters. The Labute approximate surface area is 397 Å². The number of anilines is 3. The van der Waals surface area contributed by atoms with E-state index >= 15 is 0 Å². The molecule has 9 aromatic carbocycles. The Kier molecular flexibility index (Phi) is 11.1. The van der Waals surface area contributed by atoms with Gasteiger partial charge in [0.2, 0.25) is 0 Å². The minimum Gasteiger partial charge on any atom is -0.310 e. The van der Waals surface area contributed by atoms with Crippen molar-refractivity contribution in [3.05, 3.63) is 205 Å². The van der Waals surface area contributed by atoms with Crippen LogP contribution < -0.4 is 10.2 Å². The number of nitrogens with zero attached hydrogens (tertiary/aromatic N) is 1. The molecule has 0 aromatic heterocycles. The molecule has 2 bridgehead atoms. The molecule has 2 unspecified atom stereocenters. The highest BCUT2D eigenvalue weighted by Gasteiger charge is 2.32. The van der Waals surface area contributed by atoms with Crippen LogP contribution in [0.1, 0.15) is 81.8 Å². The molecule has 1 N–H and O–H groups in total. The average molecular weight is 869 g/mol. The van der Waals surface area contributed by atoms with E-state index in [0.717, 1.165) is 28.9 Å². The molecular weight excluding hydrogens is 809 g/mol. The van der Waals surface area contributed by atoms with Gasteiger partial charge in [0.1, 0.15) is 0 Å². The molecular formula is C65H60N2. The Morgan fingerprint density at radius 3 is 1.79 bits per heavy atom. The Bertz CT molecular complexity index is 3260. The van der Waals surface area contributed by atoms with E-state index in [1.807, 2.05) is 0 Å². The molecule has 3 aliphatic carbocycles. The third kappa shape index (κ3) is 7.96. The first-order valence-corrected chi connectivity index (χ1v) is 25.1. The number of nitrogens with one attached hydrogen (secondary N) is 1. The maximum atomic E-state index is 3.81. The molecule has 0 amide bonds. The minimum atomic E-state index is 0.0109. The highest BCUT2D eigenvalue weighted by Crippen LogP contribution is 2.46. The lowest BCUT2D eigenvalue weighted by Gasteiger charge is -2.34. The van der Waals surface area contributed by atoms with Gasteiger partial charge in [-0.3, -0.25) is 0 Å². The normalized spacial score (nSPS) is 18.1. The van der Waals surface area contributed by atoms with Crippen LogP contribution >= 0.6 is 0 Å². The van der Waals surface area contributed by atoms with Crippen LogP contribution in [0, 0.1) is 11.8 Å². The van der Waals surface area contributed by atoms with Crippen molar-refractivity contribution < 1.29 is 0 Å². The van der Waals surface area contributed by atoms with Gasteiger partial charge >= 0.3 is 0 Å². The van der Waals surface area contributed by atoms with E-state index in [9.17, 15) is 0 Å². The summed E-state index contributed by atoms with van der Waals surface area (Å²) in [5.41, 5.74) is 15.2. The first kappa shape index (κ1) is 41.7. The van der Waals surface area contributed by atoms with Gasteiger partial charge < -0.3 is 10.2 Å². The van der Waals surface area contributed by atoms with Gasteiger partial charge in [-0.05, 0) is 195 Å². The monoisotopic (exact) mass is 868 g/mol. The highest BCUT2D eigenvalue weighted by molar-refractivity contribution is 6.15. The molecule has 0 aliphatic heterocycles. The second kappa shape index (κ2) is 17.8. The molecule has 67 heavy (non-hydrogen) atoms. The standard InChI is InChI=1S/C65H60N2/c1-66-65(38-10-2-3-11-39-65)55-30-34-57(35-31-55)67(56-32-28-49(29-33-56)48-22-24-50(25-23-48)52-21-20-45-18-19-46(40-45)41-52)58-36-37-62(63(44-58)54-27-26-47-12-4-5-13-51(47)42-54)64-43-53-14-6-7-15-59(53)60-16-8-9-17-61(60)64/h4-9,12-17,21-37,42-46,66H,2-3,10-11,18-20,38-41H2,1H3. The van der Waals surface area contributed by atoms with Crippen LogP contribution in [-0.4, -0.2) is 7.05 Å². The zero-order valence-corrected chi connectivity index (χ0v) is 38.9. The zero-order chi connectivity index (χ0) is 44.7. The summed E-state index contributed by atoms with van der Waals surface area (Å²) in [7, 11) is 2.16. The van der Waals surface area contributed by atoms with Crippen LogP contribution in [-0.2, 0) is 5.54 Å². The lowest BCUT2D eigenvalue weighted by Crippen LogP contribution is -2.39. The van der Waals surface area contributed by atoms with Gasteiger partial charge in [0, 0.05) is 22.6 Å². The SMILES string of the molecule is CNC1(c2ccc(N(c3ccc(-c4ccc(C5=CCC6CCC(C5)C6)cc4)cc3)c3ccc(-c4cc5ccccc5c5ccccc45)c(-c4ccc5ccccc5c4)c3)cc2)CCCCCC1. The fraction of sp³-hybridized carbons (Fsp3) is 0.231. The number of hydrogen-bond acceptors (Lipinski definition) is 2. The van der Waals surface area contributed by atoms with E-state index in [0.29, 0.717) is 0 Å². The number of fused-ring (bicyclic) bond motifs is 6. The molecule has 0 saturated heterocycles. The van der Waals surface area contributed by atoms with E-state index in [2.05, 4.69) is 211 Å². The van der Waals surface area contributed by atoms with Gasteiger partial charge in [-0.1, -0.05) is 171 Å². The van der Waals surface area contributed by atoms with E-state index in [4.69, 9.17) is 0 Å². The van der Waals surface area contributed by atoms with E-state index in [-0.39, 0.29) is 5.54 Å². The summed E-state index contributed by atoms with van der Waals surface area (Å²) in [5, 5.41) is 11.4. The number of allylic oxidation sites excluding steroid dienone is 2. The second-order valence-electron chi connectivity index (χ2n) is 19.9. The van der Waals surface area contributed by atoms with Crippen LogP contribution in [0.25, 0.3) is 71.3 Å². The van der Waals surface area contributed by atoms with Crippen LogP contribution in [0.15, 0.2) is 194 Å². The summed E-state index contributed by atoms with van der Waals surface area (Å²) in [6.07, 6.45) is 16.8. The third-order valence-corrected chi connectivity index (χ3v) is 16.1. The topological polar surface area (TPSA) is 15.3 Å². The van der Waals surface area contributed by atoms with Gasteiger partial charge in [-0.2, -0.15) is 0 Å². The summed E-state index contributed by atoms with van der Waals surface area (Å²) in [6.45, 7) is 0. The Morgan fingerprint density at radius 2 is 1.04 bits per heavy atom. The summed E-state index contributed by atoms with van der Waals surface area (Å²) in [4.78, 5) is 2.47. The molecule has 2 nitrogen and oxygen atoms in total. The fourth-order valence-electron chi connectivity index (χ4n) is 12.4. The Balaban J connectivity index is 0.985. The summed E-state index contributed by atoms with van der Waals surface area (Å²) in [5.74, 6) is 1.77. The van der Waals surface area contributed by atoms with Gasteiger partial charge in [0.05, 0.1) is 0 Å². The van der Waals surface area contributed by atoms with Crippen LogP contribution in [0.3, 0.4) is 0 Å². The lowest BCUT2D eigenvalue weighted by atomic mass is 9.83. The van der Waals surface area contributed by atoms with Crippen molar-refractivity contribution in [3.8, 4) is 33.4 Å². The van der Waals surface area contributed by atoms with E-state index < -0.39 is 0 Å². The quantitative estimate of drug-likeness (QED) is 0.115. The van der Waals surface area contributed by atoms with E-state index in [1.165, 1.54) is 147 Å². The minimum absolute atomic E-state index is 0.0109. The van der Waals surface area contributed by atoms with Crippen molar-refractivity contribution in [2.45, 2.75) is 76.2 Å². The van der Waals surface area contributed by atoms with Crippen molar-refractivity contribution in [2.24, 2.45) is 11.8 Å². The molecule has 2 heteroatoms. The molecule has 12 rings (SSSR count). The molecule has 9 aromatic rings. The zero-order valence-electron chi connectivity index (χ0n) is 38.9. The molecule has 0 spiro atoms. The van der Waals surface area contributed by atoms with Gasteiger partial charge in [0.25, 0.3) is 0 Å². The van der Waals surface area contributed by atoms with Gasteiger partial charge in [-0.25, -0.2) is 0 Å². The Hall–Kier alpha value is -6.74. The molecule has 0 radical (unpaired) electrons. The van der Waals surface area contributed by atoms with Gasteiger partial charge in [-0.15, -0.1) is 0 Å². The molecule has 2 fully saturated rings. The van der Waals surface area contributed by atoms with Crippen molar-refractivity contribution in [3.63, 3.8) is 0 Å². The molecule has 0 heterocycles. The predicted octanol–water partition coefficient (Wildman–Crippen LogP) is 18.0. The maximum Gasteiger partial charge on any atom is 0.0468 e. The first-order valence-electron chi connectivity index (χ1n) is 25.1. The molecule has 330 valence electrons. The largest absolute Gasteiger partial charge is 0.310 e. The van der Waals surface area contributed by atoms with E-state index in [1.54, 1.807) is 5.57 Å². The lowest BCUT2D eigenvalue weighted by molar-refractivity contribution is 0.314. The molecule has 3 aliphatic rings. The predicted molar refractivity (Wildman–Crippen MR) is 286 cm³/mol. The summed E-state index contributed by atoms with van der Waals surface area (Å²) >= 11 is 0. The van der Waals surface area contributed by atoms with Crippen molar-refractivity contribution >= 4 is 55.0 Å². The van der Waals surface area contributed by atoms with Crippen molar-refractivity contribution in [2.75, 3.05) is 11.9 Å². The van der Waals surface area contributed by atoms with Crippen molar-refractivity contribution in [1.29, 1.82) is 0 Å².